The molecule has 2 heterocycles. The standard InChI is InChI=1S/C20H32N4O2/c1-17-6-3-4-7-19(17)26-13-5-9-22-20(21-2)24-10-8-18(16-24)23-11-14-25-15-12-23/h3-4,6-7,18H,5,8-16H2,1-2H3,(H,21,22). The van der Waals surface area contributed by atoms with Gasteiger partial charge in [0.25, 0.3) is 0 Å². The fourth-order valence-electron chi connectivity index (χ4n) is 3.68. The first-order valence-electron chi connectivity index (χ1n) is 9.74. The number of aliphatic imine (C=N–C) groups is 1. The Morgan fingerprint density at radius 1 is 1.27 bits per heavy atom. The van der Waals surface area contributed by atoms with Crippen molar-refractivity contribution in [2.24, 2.45) is 4.99 Å². The lowest BCUT2D eigenvalue weighted by Crippen LogP contribution is -2.46. The van der Waals surface area contributed by atoms with E-state index in [1.807, 2.05) is 25.2 Å². The SMILES string of the molecule is CN=C(NCCCOc1ccccc1C)N1CCC(N2CCOCC2)C1. The Bertz CT molecular complexity index is 587. The Morgan fingerprint density at radius 3 is 2.85 bits per heavy atom. The van der Waals surface area contributed by atoms with Gasteiger partial charge < -0.3 is 19.7 Å². The molecule has 3 rings (SSSR count). The summed E-state index contributed by atoms with van der Waals surface area (Å²) >= 11 is 0. The minimum Gasteiger partial charge on any atom is -0.493 e. The molecule has 0 radical (unpaired) electrons. The topological polar surface area (TPSA) is 49.3 Å². The minimum atomic E-state index is 0.627. The molecule has 1 N–H and O–H groups in total. The first kappa shape index (κ1) is 19.0. The molecule has 144 valence electrons. The summed E-state index contributed by atoms with van der Waals surface area (Å²) in [7, 11) is 1.87. The molecule has 2 aliphatic rings. The minimum absolute atomic E-state index is 0.627. The van der Waals surface area contributed by atoms with Crippen LogP contribution in [0.2, 0.25) is 0 Å². The maximum Gasteiger partial charge on any atom is 0.193 e. The average molecular weight is 361 g/mol. The van der Waals surface area contributed by atoms with Crippen molar-refractivity contribution in [3.8, 4) is 5.75 Å². The molecule has 2 aliphatic heterocycles. The van der Waals surface area contributed by atoms with Gasteiger partial charge >= 0.3 is 0 Å². The van der Waals surface area contributed by atoms with Crippen molar-refractivity contribution < 1.29 is 9.47 Å². The molecule has 0 saturated carbocycles. The summed E-state index contributed by atoms with van der Waals surface area (Å²) in [5, 5.41) is 3.49. The van der Waals surface area contributed by atoms with E-state index in [1.165, 1.54) is 12.0 Å². The molecule has 0 bridgehead atoms. The lowest BCUT2D eigenvalue weighted by molar-refractivity contribution is 0.0195. The van der Waals surface area contributed by atoms with Crippen molar-refractivity contribution in [2.75, 3.05) is 59.6 Å². The second kappa shape index (κ2) is 9.78. The van der Waals surface area contributed by atoms with Crippen LogP contribution in [0, 0.1) is 6.92 Å². The molecule has 2 saturated heterocycles. The normalized spacial score (nSPS) is 21.8. The van der Waals surface area contributed by atoms with E-state index in [-0.39, 0.29) is 0 Å². The van der Waals surface area contributed by atoms with Crippen molar-refractivity contribution in [1.82, 2.24) is 15.1 Å². The van der Waals surface area contributed by atoms with E-state index >= 15 is 0 Å². The molecule has 0 spiro atoms. The number of benzene rings is 1. The predicted molar refractivity (Wildman–Crippen MR) is 105 cm³/mol. The molecule has 1 aromatic rings. The molecule has 0 aliphatic carbocycles. The number of ether oxygens (including phenoxy) is 2. The number of para-hydroxylation sites is 1. The molecule has 0 amide bonds. The summed E-state index contributed by atoms with van der Waals surface area (Å²) < 4.78 is 11.3. The van der Waals surface area contributed by atoms with Crippen LogP contribution < -0.4 is 10.1 Å². The first-order chi connectivity index (χ1) is 12.8. The van der Waals surface area contributed by atoms with Crippen LogP contribution in [-0.2, 0) is 4.74 Å². The van der Waals surface area contributed by atoms with Crippen LogP contribution in [0.1, 0.15) is 18.4 Å². The van der Waals surface area contributed by atoms with E-state index in [1.54, 1.807) is 0 Å². The number of hydrogen-bond donors (Lipinski definition) is 1. The predicted octanol–water partition coefficient (Wildman–Crippen LogP) is 1.75. The lowest BCUT2D eigenvalue weighted by atomic mass is 10.2. The molecule has 6 heteroatoms. The number of nitrogens with zero attached hydrogens (tertiary/aromatic N) is 3. The van der Waals surface area contributed by atoms with Gasteiger partial charge in [-0.25, -0.2) is 0 Å². The number of aryl methyl sites for hydroxylation is 1. The van der Waals surface area contributed by atoms with Crippen LogP contribution in [0.15, 0.2) is 29.3 Å². The summed E-state index contributed by atoms with van der Waals surface area (Å²) in [5.41, 5.74) is 1.18. The van der Waals surface area contributed by atoms with Gasteiger partial charge in [0.05, 0.1) is 19.8 Å². The van der Waals surface area contributed by atoms with E-state index in [4.69, 9.17) is 9.47 Å². The smallest absolute Gasteiger partial charge is 0.193 e. The molecule has 1 unspecified atom stereocenters. The van der Waals surface area contributed by atoms with Crippen LogP contribution in [0.4, 0.5) is 0 Å². The van der Waals surface area contributed by atoms with Crippen molar-refractivity contribution in [3.05, 3.63) is 29.8 Å². The second-order valence-electron chi connectivity index (χ2n) is 6.98. The molecular formula is C20H32N4O2. The third-order valence-corrected chi connectivity index (χ3v) is 5.19. The Balaban J connectivity index is 1.36. The highest BCUT2D eigenvalue weighted by molar-refractivity contribution is 5.80. The second-order valence-corrected chi connectivity index (χ2v) is 6.98. The van der Waals surface area contributed by atoms with Crippen LogP contribution >= 0.6 is 0 Å². The van der Waals surface area contributed by atoms with Crippen LogP contribution in [0.5, 0.6) is 5.75 Å². The number of likely N-dealkylation sites (tertiary alicyclic amines) is 1. The molecular weight excluding hydrogens is 328 g/mol. The fourth-order valence-corrected chi connectivity index (χ4v) is 3.68. The van der Waals surface area contributed by atoms with Crippen LogP contribution in [-0.4, -0.2) is 81.4 Å². The number of nitrogens with one attached hydrogen (secondary N) is 1. The third-order valence-electron chi connectivity index (χ3n) is 5.19. The number of rotatable bonds is 6. The number of guanidine groups is 1. The average Bonchev–Trinajstić information content (AvgIpc) is 3.17. The van der Waals surface area contributed by atoms with Gasteiger partial charge in [0.2, 0.25) is 0 Å². The molecule has 1 atom stereocenters. The summed E-state index contributed by atoms with van der Waals surface area (Å²) in [5.74, 6) is 1.99. The first-order valence-corrected chi connectivity index (χ1v) is 9.74. The number of morpholine rings is 1. The van der Waals surface area contributed by atoms with Crippen molar-refractivity contribution in [1.29, 1.82) is 0 Å². The highest BCUT2D eigenvalue weighted by atomic mass is 16.5. The van der Waals surface area contributed by atoms with Crippen molar-refractivity contribution in [2.45, 2.75) is 25.8 Å². The van der Waals surface area contributed by atoms with E-state index in [0.717, 1.165) is 64.1 Å². The molecule has 6 nitrogen and oxygen atoms in total. The van der Waals surface area contributed by atoms with E-state index in [9.17, 15) is 0 Å². The van der Waals surface area contributed by atoms with E-state index in [2.05, 4.69) is 33.1 Å². The van der Waals surface area contributed by atoms with Crippen molar-refractivity contribution >= 4 is 5.96 Å². The van der Waals surface area contributed by atoms with Gasteiger partial charge in [-0.2, -0.15) is 0 Å². The van der Waals surface area contributed by atoms with Crippen LogP contribution in [0.3, 0.4) is 0 Å². The van der Waals surface area contributed by atoms with Gasteiger partial charge in [0, 0.05) is 45.8 Å². The summed E-state index contributed by atoms with van der Waals surface area (Å²) in [6.07, 6.45) is 2.16. The fraction of sp³-hybridized carbons (Fsp3) is 0.650. The van der Waals surface area contributed by atoms with Gasteiger partial charge in [-0.05, 0) is 31.4 Å². The third kappa shape index (κ3) is 5.11. The Morgan fingerprint density at radius 2 is 2.08 bits per heavy atom. The lowest BCUT2D eigenvalue weighted by Gasteiger charge is -2.32. The zero-order chi connectivity index (χ0) is 18.2. The largest absolute Gasteiger partial charge is 0.493 e. The Labute approximate surface area is 157 Å². The van der Waals surface area contributed by atoms with Crippen LogP contribution in [0.25, 0.3) is 0 Å². The summed E-state index contributed by atoms with van der Waals surface area (Å²) in [4.78, 5) is 9.41. The number of hydrogen-bond acceptors (Lipinski definition) is 4. The molecule has 1 aromatic carbocycles. The molecule has 2 fully saturated rings. The van der Waals surface area contributed by atoms with Gasteiger partial charge in [-0.1, -0.05) is 18.2 Å². The van der Waals surface area contributed by atoms with Gasteiger partial charge in [-0.15, -0.1) is 0 Å². The van der Waals surface area contributed by atoms with Gasteiger partial charge in [0.1, 0.15) is 5.75 Å². The Hall–Kier alpha value is -1.79. The van der Waals surface area contributed by atoms with E-state index < -0.39 is 0 Å². The highest BCUT2D eigenvalue weighted by Gasteiger charge is 2.30. The van der Waals surface area contributed by atoms with Gasteiger partial charge in [0.15, 0.2) is 5.96 Å². The van der Waals surface area contributed by atoms with Crippen molar-refractivity contribution in [3.63, 3.8) is 0 Å². The summed E-state index contributed by atoms with van der Waals surface area (Å²) in [6, 6.07) is 8.78. The molecule has 0 aromatic heterocycles. The Kier molecular flexibility index (Phi) is 7.14. The maximum absolute atomic E-state index is 5.86. The van der Waals surface area contributed by atoms with Gasteiger partial charge in [-0.3, -0.25) is 9.89 Å². The monoisotopic (exact) mass is 360 g/mol. The zero-order valence-corrected chi connectivity index (χ0v) is 16.1. The molecule has 26 heavy (non-hydrogen) atoms. The highest BCUT2D eigenvalue weighted by Crippen LogP contribution is 2.17. The zero-order valence-electron chi connectivity index (χ0n) is 16.1. The maximum atomic E-state index is 5.86. The quantitative estimate of drug-likeness (QED) is 0.476. The van der Waals surface area contributed by atoms with E-state index in [0.29, 0.717) is 12.6 Å². The summed E-state index contributed by atoms with van der Waals surface area (Å²) in [6.45, 7) is 9.63.